The Morgan fingerprint density at radius 3 is 2.47 bits per heavy atom. The van der Waals surface area contributed by atoms with Crippen molar-refractivity contribution in [1.82, 2.24) is 14.9 Å². The third kappa shape index (κ3) is 3.60. The number of piperazine rings is 1. The van der Waals surface area contributed by atoms with Crippen LogP contribution in [0.5, 0.6) is 0 Å². The van der Waals surface area contributed by atoms with E-state index in [0.717, 1.165) is 49.9 Å². The Kier molecular flexibility index (Phi) is 5.29. The van der Waals surface area contributed by atoms with Gasteiger partial charge in [-0.3, -0.25) is 4.79 Å². The fraction of sp³-hybridized carbons (Fsp3) is 0.346. The lowest BCUT2D eigenvalue weighted by molar-refractivity contribution is -0.126. The predicted molar refractivity (Wildman–Crippen MR) is 129 cm³/mol. The highest BCUT2D eigenvalue weighted by molar-refractivity contribution is 5.97. The number of hydrogen-bond acceptors (Lipinski definition) is 5. The van der Waals surface area contributed by atoms with E-state index in [9.17, 15) is 4.79 Å². The van der Waals surface area contributed by atoms with Crippen molar-refractivity contribution in [1.29, 1.82) is 0 Å². The molecule has 2 aromatic carbocycles. The molecule has 5 rings (SSSR count). The largest absolute Gasteiger partial charge is 0.365 e. The van der Waals surface area contributed by atoms with E-state index >= 15 is 0 Å². The van der Waals surface area contributed by atoms with E-state index in [2.05, 4.69) is 59.7 Å². The van der Waals surface area contributed by atoms with Gasteiger partial charge in [-0.2, -0.15) is 0 Å². The summed E-state index contributed by atoms with van der Waals surface area (Å²) in [4.78, 5) is 28.3. The molecule has 0 atom stereocenters. The molecule has 1 aromatic heterocycles. The molecule has 3 aromatic rings. The number of hydrogen-bond donors (Lipinski definition) is 0. The lowest BCUT2D eigenvalue weighted by Crippen LogP contribution is -2.49. The fourth-order valence-corrected chi connectivity index (χ4v) is 5.04. The summed E-state index contributed by atoms with van der Waals surface area (Å²) in [6.45, 7) is 12.5. The van der Waals surface area contributed by atoms with Crippen LogP contribution in [-0.4, -0.2) is 53.5 Å². The van der Waals surface area contributed by atoms with Crippen LogP contribution >= 0.6 is 0 Å². The topological polar surface area (TPSA) is 52.6 Å². The van der Waals surface area contributed by atoms with Crippen LogP contribution in [0.4, 0.5) is 11.5 Å². The van der Waals surface area contributed by atoms with Gasteiger partial charge >= 0.3 is 0 Å². The average Bonchev–Trinajstić information content (AvgIpc) is 2.82. The smallest absolute Gasteiger partial charge is 0.246 e. The van der Waals surface area contributed by atoms with Crippen molar-refractivity contribution in [3.05, 3.63) is 71.7 Å². The molecule has 0 saturated carbocycles. The molecule has 0 unspecified atom stereocenters. The van der Waals surface area contributed by atoms with E-state index in [4.69, 9.17) is 9.97 Å². The Hall–Kier alpha value is -3.41. The Labute approximate surface area is 189 Å². The molecular weight excluding hydrogens is 398 g/mol. The third-order valence-corrected chi connectivity index (χ3v) is 6.65. The van der Waals surface area contributed by atoms with Gasteiger partial charge in [0.05, 0.1) is 12.2 Å². The van der Waals surface area contributed by atoms with Gasteiger partial charge in [0.15, 0.2) is 0 Å². The normalized spacial score (nSPS) is 16.2. The maximum atomic E-state index is 11.9. The minimum atomic E-state index is 0.00608. The molecule has 1 fully saturated rings. The van der Waals surface area contributed by atoms with Crippen LogP contribution in [-0.2, 0) is 17.8 Å². The Balaban J connectivity index is 1.44. The first-order valence-electron chi connectivity index (χ1n) is 11.3. The number of aryl methyl sites for hydroxylation is 2. The summed E-state index contributed by atoms with van der Waals surface area (Å²) < 4.78 is 0. The van der Waals surface area contributed by atoms with Crippen LogP contribution in [0.2, 0.25) is 0 Å². The first-order valence-corrected chi connectivity index (χ1v) is 11.3. The van der Waals surface area contributed by atoms with E-state index in [1.54, 1.807) is 0 Å². The number of carbonyl (C=O) groups is 1. The maximum Gasteiger partial charge on any atom is 0.246 e. The average molecular weight is 428 g/mol. The fourth-order valence-electron chi connectivity index (χ4n) is 5.04. The number of benzene rings is 2. The van der Waals surface area contributed by atoms with Gasteiger partial charge in [-0.05, 0) is 43.4 Å². The van der Waals surface area contributed by atoms with Crippen molar-refractivity contribution in [3.63, 3.8) is 0 Å². The highest BCUT2D eigenvalue weighted by atomic mass is 16.2. The van der Waals surface area contributed by atoms with E-state index < -0.39 is 0 Å². The molecular formula is C26H29N5O. The number of anilines is 2. The number of nitrogens with zero attached hydrogens (tertiary/aromatic N) is 5. The summed E-state index contributed by atoms with van der Waals surface area (Å²) in [7, 11) is 0. The van der Waals surface area contributed by atoms with E-state index in [1.807, 2.05) is 11.8 Å². The van der Waals surface area contributed by atoms with Crippen molar-refractivity contribution < 1.29 is 4.79 Å². The molecule has 6 nitrogen and oxygen atoms in total. The van der Waals surface area contributed by atoms with Gasteiger partial charge in [0.25, 0.3) is 0 Å². The summed E-state index contributed by atoms with van der Waals surface area (Å²) in [6.07, 6.45) is 2.31. The standard InChI is InChI=1S/C26H29N5O/c1-4-24(32)29-13-15-30(16-14-29)26-21-11-12-31(17-22(21)27-19(3)28-26)23-10-6-9-20-8-5-7-18(2)25(20)23/h4-10H,1,11-17H2,2-3H3. The van der Waals surface area contributed by atoms with Gasteiger partial charge in [0, 0.05) is 49.4 Å². The monoisotopic (exact) mass is 427 g/mol. The Bertz CT molecular complexity index is 1190. The van der Waals surface area contributed by atoms with Crippen LogP contribution in [0.25, 0.3) is 10.8 Å². The second-order valence-corrected chi connectivity index (χ2v) is 8.66. The lowest BCUT2D eigenvalue weighted by Gasteiger charge is -2.38. The molecule has 1 amide bonds. The van der Waals surface area contributed by atoms with Gasteiger partial charge in [-0.1, -0.05) is 36.9 Å². The van der Waals surface area contributed by atoms with E-state index in [1.165, 1.54) is 33.7 Å². The van der Waals surface area contributed by atoms with Crippen LogP contribution in [0, 0.1) is 13.8 Å². The molecule has 164 valence electrons. The zero-order chi connectivity index (χ0) is 22.2. The van der Waals surface area contributed by atoms with Crippen LogP contribution < -0.4 is 9.80 Å². The van der Waals surface area contributed by atoms with Gasteiger partial charge in [-0.25, -0.2) is 9.97 Å². The minimum absolute atomic E-state index is 0.00608. The number of amides is 1. The molecule has 0 bridgehead atoms. The Morgan fingerprint density at radius 1 is 0.969 bits per heavy atom. The van der Waals surface area contributed by atoms with Gasteiger partial charge in [0.2, 0.25) is 5.91 Å². The molecule has 0 N–H and O–H groups in total. The highest BCUT2D eigenvalue weighted by Crippen LogP contribution is 2.34. The summed E-state index contributed by atoms with van der Waals surface area (Å²) in [5.74, 6) is 1.86. The molecule has 2 aliphatic heterocycles. The van der Waals surface area contributed by atoms with Crippen molar-refractivity contribution in [2.45, 2.75) is 26.8 Å². The number of rotatable bonds is 3. The SMILES string of the molecule is C=CC(=O)N1CCN(c2nc(C)nc3c2CCN(c2cccc4cccc(C)c24)C3)CC1. The maximum absolute atomic E-state index is 11.9. The summed E-state index contributed by atoms with van der Waals surface area (Å²) in [5.41, 5.74) is 4.96. The van der Waals surface area contributed by atoms with Gasteiger partial charge < -0.3 is 14.7 Å². The Morgan fingerprint density at radius 2 is 1.72 bits per heavy atom. The molecule has 0 radical (unpaired) electrons. The molecule has 2 aliphatic rings. The molecule has 6 heteroatoms. The molecule has 3 heterocycles. The van der Waals surface area contributed by atoms with Gasteiger partial charge in [0.1, 0.15) is 11.6 Å². The molecule has 32 heavy (non-hydrogen) atoms. The zero-order valence-corrected chi connectivity index (χ0v) is 18.8. The number of carbonyl (C=O) groups excluding carboxylic acids is 1. The summed E-state index contributed by atoms with van der Waals surface area (Å²) >= 11 is 0. The summed E-state index contributed by atoms with van der Waals surface area (Å²) in [5, 5.41) is 2.60. The van der Waals surface area contributed by atoms with Crippen LogP contribution in [0.1, 0.15) is 22.6 Å². The van der Waals surface area contributed by atoms with Crippen molar-refractivity contribution >= 4 is 28.2 Å². The third-order valence-electron chi connectivity index (χ3n) is 6.65. The number of aromatic nitrogens is 2. The lowest BCUT2D eigenvalue weighted by atomic mass is 9.99. The van der Waals surface area contributed by atoms with Crippen molar-refractivity contribution in [3.8, 4) is 0 Å². The number of fused-ring (bicyclic) bond motifs is 2. The van der Waals surface area contributed by atoms with E-state index in [0.29, 0.717) is 13.1 Å². The van der Waals surface area contributed by atoms with Crippen molar-refractivity contribution in [2.24, 2.45) is 0 Å². The minimum Gasteiger partial charge on any atom is -0.365 e. The van der Waals surface area contributed by atoms with Gasteiger partial charge in [-0.15, -0.1) is 0 Å². The quantitative estimate of drug-likeness (QED) is 0.598. The first kappa shape index (κ1) is 20.5. The first-order chi connectivity index (χ1) is 15.5. The van der Waals surface area contributed by atoms with Crippen LogP contribution in [0.3, 0.4) is 0 Å². The van der Waals surface area contributed by atoms with E-state index in [-0.39, 0.29) is 5.91 Å². The molecule has 1 saturated heterocycles. The summed E-state index contributed by atoms with van der Waals surface area (Å²) in [6, 6.07) is 13.1. The predicted octanol–water partition coefficient (Wildman–Crippen LogP) is 3.64. The van der Waals surface area contributed by atoms with Crippen molar-refractivity contribution in [2.75, 3.05) is 42.5 Å². The molecule has 0 spiro atoms. The molecule has 0 aliphatic carbocycles. The second kappa shape index (κ2) is 8.26. The second-order valence-electron chi connectivity index (χ2n) is 8.66. The van der Waals surface area contributed by atoms with Crippen LogP contribution in [0.15, 0.2) is 49.1 Å². The highest BCUT2D eigenvalue weighted by Gasteiger charge is 2.28. The zero-order valence-electron chi connectivity index (χ0n) is 18.8.